The van der Waals surface area contributed by atoms with E-state index in [1.165, 1.54) is 69.4 Å². The average molecular weight is 297 g/mol. The van der Waals surface area contributed by atoms with Gasteiger partial charge in [-0.05, 0) is 81.5 Å². The zero-order valence-electron chi connectivity index (χ0n) is 13.7. The van der Waals surface area contributed by atoms with Crippen LogP contribution in [0.2, 0.25) is 0 Å². The van der Waals surface area contributed by atoms with Crippen molar-refractivity contribution in [2.45, 2.75) is 82.1 Å². The summed E-state index contributed by atoms with van der Waals surface area (Å²) in [5.74, 6) is 7.35. The topological polar surface area (TPSA) is 30.7 Å². The highest BCUT2D eigenvalue weighted by atomic mass is 15.3. The van der Waals surface area contributed by atoms with E-state index in [-0.39, 0.29) is 0 Å². The molecule has 3 nitrogen and oxygen atoms in total. The molecule has 1 aromatic heterocycles. The van der Waals surface area contributed by atoms with Crippen LogP contribution in [-0.2, 0) is 5.41 Å². The molecular formula is C19H27N3. The maximum absolute atomic E-state index is 4.88. The highest BCUT2D eigenvalue weighted by Gasteiger charge is 2.55. The lowest BCUT2D eigenvalue weighted by Gasteiger charge is -2.56. The molecule has 0 N–H and O–H groups in total. The van der Waals surface area contributed by atoms with Gasteiger partial charge < -0.3 is 4.57 Å². The van der Waals surface area contributed by atoms with Crippen molar-refractivity contribution in [2.24, 2.45) is 23.7 Å². The van der Waals surface area contributed by atoms with Gasteiger partial charge in [-0.1, -0.05) is 6.92 Å². The predicted molar refractivity (Wildman–Crippen MR) is 84.7 cm³/mol. The van der Waals surface area contributed by atoms with Crippen LogP contribution < -0.4 is 0 Å². The summed E-state index contributed by atoms with van der Waals surface area (Å²) in [6, 6.07) is 0.751. The van der Waals surface area contributed by atoms with Gasteiger partial charge in [-0.25, -0.2) is 0 Å². The fourth-order valence-electron chi connectivity index (χ4n) is 6.68. The first-order valence-corrected chi connectivity index (χ1v) is 9.67. The number of rotatable bonds is 3. The normalized spacial score (nSPS) is 48.9. The Labute approximate surface area is 132 Å². The van der Waals surface area contributed by atoms with Gasteiger partial charge in [0, 0.05) is 17.4 Å². The second-order valence-corrected chi connectivity index (χ2v) is 9.50. The standard InChI is InChI=1S/C19H27N3/c1-11-4-16(11)17-20-21-18(22(17)15-2-3-15)19-8-12-5-13(9-19)7-14(6-12)10-19/h11-16H,2-10H2,1H3/t11-,12?,13?,14?,16+,19?/m1/s1. The molecule has 2 atom stereocenters. The number of hydrogen-bond donors (Lipinski definition) is 0. The van der Waals surface area contributed by atoms with Gasteiger partial charge in [0.05, 0.1) is 0 Å². The Kier molecular flexibility index (Phi) is 2.26. The zero-order chi connectivity index (χ0) is 14.5. The van der Waals surface area contributed by atoms with Crippen LogP contribution in [0.4, 0.5) is 0 Å². The summed E-state index contributed by atoms with van der Waals surface area (Å²) in [7, 11) is 0. The lowest BCUT2D eigenvalue weighted by atomic mass is 9.49. The predicted octanol–water partition coefficient (Wildman–Crippen LogP) is 4.20. The monoisotopic (exact) mass is 297 g/mol. The summed E-state index contributed by atoms with van der Waals surface area (Å²) < 4.78 is 2.67. The molecule has 7 rings (SSSR count). The molecule has 6 aliphatic carbocycles. The van der Waals surface area contributed by atoms with Crippen LogP contribution in [0.15, 0.2) is 0 Å². The van der Waals surface area contributed by atoms with Crippen molar-refractivity contribution in [2.75, 3.05) is 0 Å². The first-order valence-electron chi connectivity index (χ1n) is 9.67. The third kappa shape index (κ3) is 1.63. The summed E-state index contributed by atoms with van der Waals surface area (Å²) in [5.41, 5.74) is 0.417. The Balaban J connectivity index is 1.46. The number of hydrogen-bond acceptors (Lipinski definition) is 2. The van der Waals surface area contributed by atoms with Gasteiger partial charge >= 0.3 is 0 Å². The van der Waals surface area contributed by atoms with Crippen LogP contribution >= 0.6 is 0 Å². The fourth-order valence-corrected chi connectivity index (χ4v) is 6.68. The molecule has 6 aliphatic rings. The van der Waals surface area contributed by atoms with Gasteiger partial charge in [-0.15, -0.1) is 10.2 Å². The van der Waals surface area contributed by atoms with Crippen molar-refractivity contribution in [3.8, 4) is 0 Å². The lowest BCUT2D eigenvalue weighted by Crippen LogP contribution is -2.49. The van der Waals surface area contributed by atoms with Gasteiger partial charge in [0.1, 0.15) is 11.6 Å². The largest absolute Gasteiger partial charge is 0.311 e. The molecule has 6 saturated carbocycles. The number of nitrogens with zero attached hydrogens (tertiary/aromatic N) is 3. The first kappa shape index (κ1) is 12.5. The van der Waals surface area contributed by atoms with E-state index in [0.717, 1.165) is 35.6 Å². The van der Waals surface area contributed by atoms with Crippen molar-refractivity contribution in [3.05, 3.63) is 11.6 Å². The Morgan fingerprint density at radius 1 is 0.909 bits per heavy atom. The molecule has 118 valence electrons. The quantitative estimate of drug-likeness (QED) is 0.837. The van der Waals surface area contributed by atoms with Crippen molar-refractivity contribution in [1.29, 1.82) is 0 Å². The van der Waals surface area contributed by atoms with Crippen molar-refractivity contribution < 1.29 is 0 Å². The summed E-state index contributed by atoms with van der Waals surface area (Å²) >= 11 is 0. The van der Waals surface area contributed by atoms with Gasteiger partial charge in [0.25, 0.3) is 0 Å². The third-order valence-corrected chi connectivity index (χ3v) is 7.59. The second kappa shape index (κ2) is 3.96. The summed E-state index contributed by atoms with van der Waals surface area (Å²) in [4.78, 5) is 0. The minimum Gasteiger partial charge on any atom is -0.311 e. The van der Waals surface area contributed by atoms with Crippen LogP contribution in [0.5, 0.6) is 0 Å². The van der Waals surface area contributed by atoms with E-state index in [2.05, 4.69) is 11.5 Å². The molecule has 1 heterocycles. The van der Waals surface area contributed by atoms with Crippen LogP contribution in [0, 0.1) is 23.7 Å². The molecule has 22 heavy (non-hydrogen) atoms. The highest BCUT2D eigenvalue weighted by molar-refractivity contribution is 5.23. The molecule has 1 aromatic rings. The van der Waals surface area contributed by atoms with E-state index in [4.69, 9.17) is 10.2 Å². The highest BCUT2D eigenvalue weighted by Crippen LogP contribution is 2.61. The van der Waals surface area contributed by atoms with Crippen LogP contribution in [0.1, 0.15) is 88.3 Å². The minimum atomic E-state index is 0.417. The lowest BCUT2D eigenvalue weighted by molar-refractivity contribution is -0.0112. The molecule has 0 aliphatic heterocycles. The number of aromatic nitrogens is 3. The van der Waals surface area contributed by atoms with Crippen LogP contribution in [0.3, 0.4) is 0 Å². The molecule has 0 unspecified atom stereocenters. The fraction of sp³-hybridized carbons (Fsp3) is 0.895. The maximum Gasteiger partial charge on any atom is 0.139 e. The molecule has 0 radical (unpaired) electrons. The molecule has 3 heteroatoms. The van der Waals surface area contributed by atoms with E-state index in [9.17, 15) is 0 Å². The summed E-state index contributed by atoms with van der Waals surface area (Å²) in [6.07, 6.45) is 12.9. The SMILES string of the molecule is C[C@@H]1C[C@@H]1c1nnc(C23CC4CC(CC(C4)C2)C3)n1C1CC1. The molecule has 4 bridgehead atoms. The van der Waals surface area contributed by atoms with Crippen LogP contribution in [-0.4, -0.2) is 14.8 Å². The summed E-state index contributed by atoms with van der Waals surface area (Å²) in [5, 5.41) is 9.64. The van der Waals surface area contributed by atoms with E-state index in [1.54, 1.807) is 0 Å². The van der Waals surface area contributed by atoms with E-state index < -0.39 is 0 Å². The van der Waals surface area contributed by atoms with Gasteiger partial charge in [-0.2, -0.15) is 0 Å². The van der Waals surface area contributed by atoms with Crippen molar-refractivity contribution in [3.63, 3.8) is 0 Å². The Hall–Kier alpha value is -0.860. The Morgan fingerprint density at radius 3 is 2.00 bits per heavy atom. The first-order chi connectivity index (χ1) is 10.7. The van der Waals surface area contributed by atoms with E-state index in [1.807, 2.05) is 0 Å². The molecule has 0 aromatic carbocycles. The Morgan fingerprint density at radius 2 is 1.50 bits per heavy atom. The average Bonchev–Trinajstić information content (AvgIpc) is 3.38. The summed E-state index contributed by atoms with van der Waals surface area (Å²) in [6.45, 7) is 2.38. The Bertz CT molecular complexity index is 591. The minimum absolute atomic E-state index is 0.417. The van der Waals surface area contributed by atoms with Gasteiger partial charge in [0.15, 0.2) is 0 Å². The zero-order valence-corrected chi connectivity index (χ0v) is 13.7. The van der Waals surface area contributed by atoms with Crippen LogP contribution in [0.25, 0.3) is 0 Å². The van der Waals surface area contributed by atoms with E-state index in [0.29, 0.717) is 5.41 Å². The molecular weight excluding hydrogens is 270 g/mol. The molecule has 0 spiro atoms. The second-order valence-electron chi connectivity index (χ2n) is 9.50. The molecule has 6 fully saturated rings. The maximum atomic E-state index is 4.88. The van der Waals surface area contributed by atoms with Crippen molar-refractivity contribution in [1.82, 2.24) is 14.8 Å². The van der Waals surface area contributed by atoms with Gasteiger partial charge in [-0.3, -0.25) is 0 Å². The third-order valence-electron chi connectivity index (χ3n) is 7.59. The molecule has 0 amide bonds. The smallest absolute Gasteiger partial charge is 0.139 e. The van der Waals surface area contributed by atoms with Gasteiger partial charge in [0.2, 0.25) is 0 Å². The van der Waals surface area contributed by atoms with Crippen molar-refractivity contribution >= 4 is 0 Å². The molecule has 0 saturated heterocycles. The van der Waals surface area contributed by atoms with E-state index >= 15 is 0 Å².